The van der Waals surface area contributed by atoms with Gasteiger partial charge in [-0.15, -0.1) is 11.3 Å². The number of carbonyl (C=O) groups is 2. The number of halogens is 3. The first kappa shape index (κ1) is 13.5. The molecule has 1 heterocycles. The number of alkyl halides is 3. The molecule has 0 amide bonds. The van der Waals surface area contributed by atoms with Gasteiger partial charge in [0.05, 0.1) is 10.4 Å². The normalized spacial score (nSPS) is 11.3. The van der Waals surface area contributed by atoms with Crippen molar-refractivity contribution in [2.75, 3.05) is 0 Å². The molecule has 0 unspecified atom stereocenters. The van der Waals surface area contributed by atoms with Gasteiger partial charge in [-0.1, -0.05) is 12.1 Å². The summed E-state index contributed by atoms with van der Waals surface area (Å²) in [5, 5.41) is 0. The largest absolute Gasteiger partial charge is 0.417 e. The van der Waals surface area contributed by atoms with Gasteiger partial charge in [0.15, 0.2) is 6.29 Å². The molecule has 1 aromatic heterocycles. The zero-order valence-corrected chi connectivity index (χ0v) is 10.2. The number of aldehydes is 2. The predicted octanol–water partition coefficient (Wildman–Crippen LogP) is 4.06. The molecule has 0 spiro atoms. The van der Waals surface area contributed by atoms with E-state index in [0.29, 0.717) is 22.3 Å². The Morgan fingerprint density at radius 1 is 1.00 bits per heavy atom. The number of thiophene rings is 1. The lowest BCUT2D eigenvalue weighted by Crippen LogP contribution is -2.07. The molecule has 98 valence electrons. The molecule has 0 atom stereocenters. The summed E-state index contributed by atoms with van der Waals surface area (Å²) in [6.45, 7) is 0. The second kappa shape index (κ2) is 4.97. The molecule has 2 aromatic rings. The molecule has 0 saturated carbocycles. The van der Waals surface area contributed by atoms with Crippen LogP contribution in [0.3, 0.4) is 0 Å². The summed E-state index contributed by atoms with van der Waals surface area (Å²) < 4.78 is 38.9. The smallest absolute Gasteiger partial charge is 0.298 e. The third-order valence-corrected chi connectivity index (χ3v) is 3.54. The fourth-order valence-electron chi connectivity index (χ4n) is 1.65. The fraction of sp³-hybridized carbons (Fsp3) is 0.0769. The van der Waals surface area contributed by atoms with Gasteiger partial charge < -0.3 is 0 Å². The number of rotatable bonds is 3. The highest BCUT2D eigenvalue weighted by molar-refractivity contribution is 7.17. The van der Waals surface area contributed by atoms with Crippen molar-refractivity contribution in [1.82, 2.24) is 0 Å². The Bertz CT molecular complexity index is 629. The molecular formula is C13H7F3O2S. The third kappa shape index (κ3) is 2.73. The molecule has 0 N–H and O–H groups in total. The predicted molar refractivity (Wildman–Crippen MR) is 65.5 cm³/mol. The van der Waals surface area contributed by atoms with Crippen LogP contribution in [0, 0.1) is 0 Å². The summed E-state index contributed by atoms with van der Waals surface area (Å²) in [5.41, 5.74) is -0.948. The molecule has 19 heavy (non-hydrogen) atoms. The lowest BCUT2D eigenvalue weighted by molar-refractivity contribution is -0.137. The lowest BCUT2D eigenvalue weighted by Gasteiger charge is -2.12. The van der Waals surface area contributed by atoms with Crippen molar-refractivity contribution in [1.29, 1.82) is 0 Å². The van der Waals surface area contributed by atoms with Crippen molar-refractivity contribution in [2.45, 2.75) is 6.18 Å². The quantitative estimate of drug-likeness (QED) is 0.796. The van der Waals surface area contributed by atoms with Crippen LogP contribution in [-0.2, 0) is 6.18 Å². The van der Waals surface area contributed by atoms with Gasteiger partial charge >= 0.3 is 6.18 Å². The van der Waals surface area contributed by atoms with Crippen LogP contribution in [0.5, 0.6) is 0 Å². The number of benzene rings is 1. The van der Waals surface area contributed by atoms with Crippen molar-refractivity contribution >= 4 is 23.9 Å². The zero-order chi connectivity index (χ0) is 14.0. The van der Waals surface area contributed by atoms with Crippen LogP contribution in [-0.4, -0.2) is 12.6 Å². The van der Waals surface area contributed by atoms with Gasteiger partial charge in [0.25, 0.3) is 0 Å². The van der Waals surface area contributed by atoms with E-state index in [1.807, 2.05) is 0 Å². The summed E-state index contributed by atoms with van der Waals surface area (Å²) in [5.74, 6) is 0. The van der Waals surface area contributed by atoms with E-state index in [4.69, 9.17) is 0 Å². The molecule has 0 aliphatic carbocycles. The number of hydrogen-bond donors (Lipinski definition) is 0. The summed E-state index contributed by atoms with van der Waals surface area (Å²) in [6, 6.07) is 6.29. The maximum Gasteiger partial charge on any atom is 0.417 e. The molecule has 0 aliphatic heterocycles. The van der Waals surface area contributed by atoms with Crippen LogP contribution < -0.4 is 0 Å². The molecule has 2 nitrogen and oxygen atoms in total. The van der Waals surface area contributed by atoms with Crippen molar-refractivity contribution in [3.8, 4) is 10.4 Å². The zero-order valence-electron chi connectivity index (χ0n) is 9.40. The fourth-order valence-corrected chi connectivity index (χ4v) is 2.51. The Hall–Kier alpha value is -1.95. The van der Waals surface area contributed by atoms with Crippen LogP contribution in [0.15, 0.2) is 30.3 Å². The third-order valence-electron chi connectivity index (χ3n) is 2.49. The minimum atomic E-state index is -4.56. The first-order chi connectivity index (χ1) is 8.95. The summed E-state index contributed by atoms with van der Waals surface area (Å²) in [7, 11) is 0. The molecule has 0 fully saturated rings. The Kier molecular flexibility index (Phi) is 3.53. The van der Waals surface area contributed by atoms with Crippen LogP contribution >= 0.6 is 11.3 Å². The van der Waals surface area contributed by atoms with E-state index in [1.54, 1.807) is 0 Å². The Labute approximate surface area is 110 Å². The number of carbonyl (C=O) groups excluding carboxylic acids is 2. The van der Waals surface area contributed by atoms with Gasteiger partial charge in [0, 0.05) is 16.0 Å². The van der Waals surface area contributed by atoms with Crippen LogP contribution in [0.25, 0.3) is 10.4 Å². The van der Waals surface area contributed by atoms with Gasteiger partial charge in [0.2, 0.25) is 0 Å². The molecule has 0 radical (unpaired) electrons. The van der Waals surface area contributed by atoms with Gasteiger partial charge in [-0.3, -0.25) is 9.59 Å². The SMILES string of the molecule is O=Cc1ccc(-c2ccc(C=O)s2)c(C(F)(F)F)c1. The molecule has 0 saturated heterocycles. The van der Waals surface area contributed by atoms with Crippen molar-refractivity contribution < 1.29 is 22.8 Å². The van der Waals surface area contributed by atoms with Gasteiger partial charge in [0.1, 0.15) is 6.29 Å². The van der Waals surface area contributed by atoms with E-state index in [0.717, 1.165) is 17.4 Å². The molecule has 0 bridgehead atoms. The van der Waals surface area contributed by atoms with Gasteiger partial charge in [-0.25, -0.2) is 0 Å². The number of hydrogen-bond acceptors (Lipinski definition) is 3. The van der Waals surface area contributed by atoms with Gasteiger partial charge in [-0.2, -0.15) is 13.2 Å². The van der Waals surface area contributed by atoms with E-state index in [9.17, 15) is 22.8 Å². The topological polar surface area (TPSA) is 34.1 Å². The minimum absolute atomic E-state index is 0.0313. The second-order valence-electron chi connectivity index (χ2n) is 3.74. The highest BCUT2D eigenvalue weighted by Crippen LogP contribution is 2.39. The maximum absolute atomic E-state index is 13.0. The molecule has 0 aliphatic rings. The first-order valence-corrected chi connectivity index (χ1v) is 5.99. The Morgan fingerprint density at radius 3 is 2.26 bits per heavy atom. The highest BCUT2D eigenvalue weighted by Gasteiger charge is 2.34. The summed E-state index contributed by atoms with van der Waals surface area (Å²) >= 11 is 0.973. The average molecular weight is 284 g/mol. The minimum Gasteiger partial charge on any atom is -0.298 e. The Morgan fingerprint density at radius 2 is 1.74 bits per heavy atom. The molecule has 2 rings (SSSR count). The summed E-state index contributed by atoms with van der Waals surface area (Å²) in [6.07, 6.45) is -3.61. The lowest BCUT2D eigenvalue weighted by atomic mass is 10.0. The van der Waals surface area contributed by atoms with Crippen LogP contribution in [0.2, 0.25) is 0 Å². The van der Waals surface area contributed by atoms with E-state index >= 15 is 0 Å². The molecule has 1 aromatic carbocycles. The van der Waals surface area contributed by atoms with Crippen molar-refractivity contribution in [2.24, 2.45) is 0 Å². The molecule has 6 heteroatoms. The Balaban J connectivity index is 2.62. The van der Waals surface area contributed by atoms with Crippen molar-refractivity contribution in [3.05, 3.63) is 46.3 Å². The van der Waals surface area contributed by atoms with Crippen molar-refractivity contribution in [3.63, 3.8) is 0 Å². The van der Waals surface area contributed by atoms with Gasteiger partial charge in [-0.05, 0) is 18.2 Å². The van der Waals surface area contributed by atoms with E-state index in [2.05, 4.69) is 0 Å². The van der Waals surface area contributed by atoms with Crippen LogP contribution in [0.1, 0.15) is 25.6 Å². The van der Waals surface area contributed by atoms with E-state index in [-0.39, 0.29) is 11.1 Å². The van der Waals surface area contributed by atoms with E-state index in [1.165, 1.54) is 24.3 Å². The monoisotopic (exact) mass is 284 g/mol. The van der Waals surface area contributed by atoms with E-state index < -0.39 is 11.7 Å². The highest BCUT2D eigenvalue weighted by atomic mass is 32.1. The average Bonchev–Trinajstić information content (AvgIpc) is 2.85. The summed E-state index contributed by atoms with van der Waals surface area (Å²) in [4.78, 5) is 21.8. The molecular weight excluding hydrogens is 277 g/mol. The van der Waals surface area contributed by atoms with Crippen LogP contribution in [0.4, 0.5) is 13.2 Å². The first-order valence-electron chi connectivity index (χ1n) is 5.17. The standard InChI is InChI=1S/C13H7F3O2S/c14-13(15,16)11-5-8(6-17)1-3-10(11)12-4-2-9(7-18)19-12/h1-7H. The maximum atomic E-state index is 13.0. The second-order valence-corrected chi connectivity index (χ2v) is 4.86.